The van der Waals surface area contributed by atoms with Crippen molar-refractivity contribution in [3.63, 3.8) is 0 Å². The number of phenols is 1. The molecule has 3 rings (SSSR count). The predicted octanol–water partition coefficient (Wildman–Crippen LogP) is 2.05. The quantitative estimate of drug-likeness (QED) is 0.744. The second-order valence-electron chi connectivity index (χ2n) is 5.46. The minimum absolute atomic E-state index is 0.000563. The molecule has 7 nitrogen and oxygen atoms in total. The summed E-state index contributed by atoms with van der Waals surface area (Å²) in [5.41, 5.74) is 0.416. The Bertz CT molecular complexity index is 761. The van der Waals surface area contributed by atoms with Gasteiger partial charge in [0.15, 0.2) is 0 Å². The number of carbonyl (C=O) groups is 3. The van der Waals surface area contributed by atoms with Crippen LogP contribution in [0.5, 0.6) is 5.75 Å². The van der Waals surface area contributed by atoms with Gasteiger partial charge in [-0.3, -0.25) is 19.3 Å². The Morgan fingerprint density at radius 3 is 2.76 bits per heavy atom. The molecule has 0 aromatic heterocycles. The molecule has 3 amide bonds. The van der Waals surface area contributed by atoms with Crippen LogP contribution in [0.1, 0.15) is 5.56 Å². The molecule has 2 fully saturated rings. The van der Waals surface area contributed by atoms with Gasteiger partial charge in [-0.1, -0.05) is 15.9 Å². The van der Waals surface area contributed by atoms with Crippen LogP contribution in [0.3, 0.4) is 0 Å². The van der Waals surface area contributed by atoms with Gasteiger partial charge >= 0.3 is 0 Å². The Hall–Kier alpha value is -1.84. The van der Waals surface area contributed by atoms with Crippen molar-refractivity contribution < 1.29 is 24.2 Å². The second-order valence-corrected chi connectivity index (χ2v) is 7.37. The maximum atomic E-state index is 12.5. The van der Waals surface area contributed by atoms with Crippen LogP contribution in [-0.4, -0.2) is 64.8 Å². The molecule has 1 N–H and O–H groups in total. The summed E-state index contributed by atoms with van der Waals surface area (Å²) in [6, 6.07) is 4.80. The number of ether oxygens (including phenoxy) is 1. The Morgan fingerprint density at radius 1 is 1.32 bits per heavy atom. The summed E-state index contributed by atoms with van der Waals surface area (Å²) >= 11 is 4.05. The Kier molecular flexibility index (Phi) is 5.45. The first-order valence-corrected chi connectivity index (χ1v) is 9.16. The zero-order valence-electron chi connectivity index (χ0n) is 13.1. The second kappa shape index (κ2) is 7.59. The van der Waals surface area contributed by atoms with E-state index in [0.717, 1.165) is 21.1 Å². The van der Waals surface area contributed by atoms with Crippen LogP contribution in [0.4, 0.5) is 4.79 Å². The summed E-state index contributed by atoms with van der Waals surface area (Å²) in [5, 5.41) is 9.38. The van der Waals surface area contributed by atoms with E-state index in [4.69, 9.17) is 4.74 Å². The van der Waals surface area contributed by atoms with Gasteiger partial charge in [-0.05, 0) is 36.0 Å². The summed E-state index contributed by atoms with van der Waals surface area (Å²) in [4.78, 5) is 39.5. The number of hydrogen-bond acceptors (Lipinski definition) is 6. The van der Waals surface area contributed by atoms with E-state index in [9.17, 15) is 19.5 Å². The van der Waals surface area contributed by atoms with Crippen LogP contribution in [-0.2, 0) is 14.3 Å². The molecule has 2 heterocycles. The van der Waals surface area contributed by atoms with Crippen LogP contribution < -0.4 is 0 Å². The first-order valence-electron chi connectivity index (χ1n) is 7.55. The normalized spacial score (nSPS) is 19.8. The summed E-state index contributed by atoms with van der Waals surface area (Å²) in [6.07, 6.45) is 1.45. The number of nitrogens with zero attached hydrogens (tertiary/aromatic N) is 2. The van der Waals surface area contributed by atoms with E-state index in [2.05, 4.69) is 15.9 Å². The summed E-state index contributed by atoms with van der Waals surface area (Å²) in [5.74, 6) is -0.812. The van der Waals surface area contributed by atoms with Crippen molar-refractivity contribution in [2.45, 2.75) is 0 Å². The lowest BCUT2D eigenvalue weighted by Crippen LogP contribution is -2.46. The standard InChI is InChI=1S/C16H15BrN2O5S/c17-11-1-2-12(20)10(7-11)8-13-15(22)19(16(23)25-13)9-14(21)18-3-5-24-6-4-18/h1-2,7-8,20H,3-6,9H2. The average Bonchev–Trinajstić information content (AvgIpc) is 2.86. The fraction of sp³-hybridized carbons (Fsp3) is 0.312. The number of carbonyl (C=O) groups excluding carboxylic acids is 3. The van der Waals surface area contributed by atoms with Gasteiger partial charge in [-0.25, -0.2) is 0 Å². The fourth-order valence-corrected chi connectivity index (χ4v) is 3.67. The van der Waals surface area contributed by atoms with Crippen molar-refractivity contribution in [2.75, 3.05) is 32.8 Å². The van der Waals surface area contributed by atoms with Gasteiger partial charge in [0.1, 0.15) is 12.3 Å². The van der Waals surface area contributed by atoms with Gasteiger partial charge in [-0.2, -0.15) is 0 Å². The number of hydrogen-bond donors (Lipinski definition) is 1. The van der Waals surface area contributed by atoms with Gasteiger partial charge in [0, 0.05) is 23.1 Å². The van der Waals surface area contributed by atoms with Crippen molar-refractivity contribution in [2.24, 2.45) is 0 Å². The molecular formula is C16H15BrN2O5S. The van der Waals surface area contributed by atoms with Crippen LogP contribution in [0.2, 0.25) is 0 Å². The van der Waals surface area contributed by atoms with Crippen molar-refractivity contribution in [1.82, 2.24) is 9.80 Å². The van der Waals surface area contributed by atoms with Crippen LogP contribution in [0.15, 0.2) is 27.6 Å². The number of benzene rings is 1. The van der Waals surface area contributed by atoms with Crippen molar-refractivity contribution >= 4 is 50.8 Å². The molecule has 9 heteroatoms. The number of aromatic hydroxyl groups is 1. The molecule has 132 valence electrons. The lowest BCUT2D eigenvalue weighted by Gasteiger charge is -2.28. The first kappa shape index (κ1) is 18.0. The highest BCUT2D eigenvalue weighted by Gasteiger charge is 2.37. The fourth-order valence-electron chi connectivity index (χ4n) is 2.47. The van der Waals surface area contributed by atoms with Crippen molar-refractivity contribution in [1.29, 1.82) is 0 Å². The summed E-state index contributed by atoms with van der Waals surface area (Å²) in [7, 11) is 0. The lowest BCUT2D eigenvalue weighted by atomic mass is 10.2. The smallest absolute Gasteiger partial charge is 0.294 e. The Balaban J connectivity index is 1.74. The summed E-state index contributed by atoms with van der Waals surface area (Å²) < 4.78 is 5.92. The summed E-state index contributed by atoms with van der Waals surface area (Å²) in [6.45, 7) is 1.53. The van der Waals surface area contributed by atoms with E-state index in [0.29, 0.717) is 31.9 Å². The highest BCUT2D eigenvalue weighted by molar-refractivity contribution is 9.10. The molecule has 0 unspecified atom stereocenters. The Morgan fingerprint density at radius 2 is 2.04 bits per heavy atom. The molecule has 1 aromatic rings. The van der Waals surface area contributed by atoms with E-state index >= 15 is 0 Å². The molecule has 0 saturated carbocycles. The molecular weight excluding hydrogens is 412 g/mol. The van der Waals surface area contributed by atoms with E-state index in [1.807, 2.05) is 0 Å². The van der Waals surface area contributed by atoms with E-state index in [-0.39, 0.29) is 23.1 Å². The molecule has 0 bridgehead atoms. The topological polar surface area (TPSA) is 87.2 Å². The molecule has 25 heavy (non-hydrogen) atoms. The number of imide groups is 1. The number of amides is 3. The van der Waals surface area contributed by atoms with Crippen molar-refractivity contribution in [3.8, 4) is 5.75 Å². The maximum absolute atomic E-state index is 12.5. The van der Waals surface area contributed by atoms with Gasteiger partial charge in [0.25, 0.3) is 11.1 Å². The molecule has 2 aliphatic rings. The maximum Gasteiger partial charge on any atom is 0.294 e. The molecule has 0 aliphatic carbocycles. The van der Waals surface area contributed by atoms with Gasteiger partial charge in [-0.15, -0.1) is 0 Å². The van der Waals surface area contributed by atoms with Gasteiger partial charge < -0.3 is 14.7 Å². The molecule has 0 spiro atoms. The van der Waals surface area contributed by atoms with Crippen LogP contribution in [0.25, 0.3) is 6.08 Å². The SMILES string of the molecule is O=C(CN1C(=O)SC(=Cc2cc(Br)ccc2O)C1=O)N1CCOCC1. The predicted molar refractivity (Wildman–Crippen MR) is 95.9 cm³/mol. The van der Waals surface area contributed by atoms with Crippen LogP contribution >= 0.6 is 27.7 Å². The molecule has 0 atom stereocenters. The molecule has 0 radical (unpaired) electrons. The monoisotopic (exact) mass is 426 g/mol. The minimum atomic E-state index is -0.531. The number of halogens is 1. The largest absolute Gasteiger partial charge is 0.507 e. The number of thioether (sulfide) groups is 1. The van der Waals surface area contributed by atoms with Crippen LogP contribution in [0, 0.1) is 0 Å². The third-order valence-corrected chi connectivity index (χ3v) is 5.21. The number of rotatable bonds is 3. The van der Waals surface area contributed by atoms with E-state index < -0.39 is 11.1 Å². The highest BCUT2D eigenvalue weighted by atomic mass is 79.9. The third kappa shape index (κ3) is 4.05. The van der Waals surface area contributed by atoms with E-state index in [1.54, 1.807) is 17.0 Å². The average molecular weight is 427 g/mol. The Labute approximate surface area is 156 Å². The molecule has 2 aliphatic heterocycles. The number of morpholine rings is 1. The highest BCUT2D eigenvalue weighted by Crippen LogP contribution is 2.34. The zero-order chi connectivity index (χ0) is 18.0. The van der Waals surface area contributed by atoms with E-state index in [1.165, 1.54) is 12.1 Å². The molecule has 2 saturated heterocycles. The van der Waals surface area contributed by atoms with Crippen molar-refractivity contribution in [3.05, 3.63) is 33.1 Å². The molecule has 1 aromatic carbocycles. The minimum Gasteiger partial charge on any atom is -0.507 e. The zero-order valence-corrected chi connectivity index (χ0v) is 15.5. The first-order chi connectivity index (χ1) is 12.0. The number of phenolic OH excluding ortho intramolecular Hbond substituents is 1. The third-order valence-electron chi connectivity index (χ3n) is 3.81. The van der Waals surface area contributed by atoms with Gasteiger partial charge in [0.2, 0.25) is 5.91 Å². The van der Waals surface area contributed by atoms with Gasteiger partial charge in [0.05, 0.1) is 18.1 Å². The lowest BCUT2D eigenvalue weighted by molar-refractivity contribution is -0.139.